The zero-order valence-electron chi connectivity index (χ0n) is 17.9. The van der Waals surface area contributed by atoms with Crippen LogP contribution in [0.25, 0.3) is 0 Å². The van der Waals surface area contributed by atoms with Gasteiger partial charge in [0.05, 0.1) is 32.0 Å². The summed E-state index contributed by atoms with van der Waals surface area (Å²) in [4.78, 5) is 16.6. The number of ether oxygens (including phenoxy) is 3. The Morgan fingerprint density at radius 1 is 1.16 bits per heavy atom. The zero-order valence-corrected chi connectivity index (χ0v) is 17.9. The molecule has 31 heavy (non-hydrogen) atoms. The van der Waals surface area contributed by atoms with Crippen molar-refractivity contribution in [3.8, 4) is 23.3 Å². The monoisotopic (exact) mass is 423 g/mol. The normalized spacial score (nSPS) is 13.8. The predicted molar refractivity (Wildman–Crippen MR) is 117 cm³/mol. The van der Waals surface area contributed by atoms with Crippen LogP contribution in [0.3, 0.4) is 0 Å². The molecule has 0 saturated heterocycles. The fourth-order valence-corrected chi connectivity index (χ4v) is 3.63. The Labute approximate surface area is 183 Å². The van der Waals surface area contributed by atoms with Crippen LogP contribution in [0, 0.1) is 17.2 Å². The van der Waals surface area contributed by atoms with Gasteiger partial charge in [-0.3, -0.25) is 4.79 Å². The highest BCUT2D eigenvalue weighted by Gasteiger charge is 2.16. The van der Waals surface area contributed by atoms with E-state index in [1.54, 1.807) is 24.4 Å². The molecule has 2 aromatic rings. The molecule has 1 fully saturated rings. The lowest BCUT2D eigenvalue weighted by Gasteiger charge is -2.22. The third-order valence-corrected chi connectivity index (χ3v) is 5.33. The molecule has 3 rings (SSSR count). The van der Waals surface area contributed by atoms with Crippen molar-refractivity contribution in [3.63, 3.8) is 0 Å². The molecule has 1 N–H and O–H groups in total. The Morgan fingerprint density at radius 3 is 2.77 bits per heavy atom. The first kappa shape index (κ1) is 22.4. The molecular formula is C24H29N3O4. The maximum absolute atomic E-state index is 12.4. The average Bonchev–Trinajstić information content (AvgIpc) is 2.82. The molecule has 1 amide bonds. The van der Waals surface area contributed by atoms with Crippen LogP contribution in [0.1, 0.15) is 50.5 Å². The minimum absolute atomic E-state index is 0.142. The van der Waals surface area contributed by atoms with Crippen molar-refractivity contribution >= 4 is 11.7 Å². The van der Waals surface area contributed by atoms with Gasteiger partial charge < -0.3 is 19.5 Å². The molecule has 0 unspecified atom stereocenters. The van der Waals surface area contributed by atoms with Crippen LogP contribution < -0.4 is 19.5 Å². The Balaban J connectivity index is 1.44. The standard InChI is InChI=1S/C24H29N3O4/c1-29-22-15-19(16-25)11-12-20(22)30-14-6-10-23(28)27-24-21(9-5-13-26-24)31-17-18-7-3-2-4-8-18/h5,9,11-13,15,18H,2-4,6-8,10,14,17H2,1H3,(H,26,27,28). The summed E-state index contributed by atoms with van der Waals surface area (Å²) in [7, 11) is 1.53. The highest BCUT2D eigenvalue weighted by atomic mass is 16.5. The highest BCUT2D eigenvalue weighted by Crippen LogP contribution is 2.29. The zero-order chi connectivity index (χ0) is 21.9. The third-order valence-electron chi connectivity index (χ3n) is 5.33. The lowest BCUT2D eigenvalue weighted by molar-refractivity contribution is -0.116. The van der Waals surface area contributed by atoms with Gasteiger partial charge in [-0.15, -0.1) is 0 Å². The second-order valence-electron chi connectivity index (χ2n) is 7.64. The van der Waals surface area contributed by atoms with Crippen LogP contribution in [0.15, 0.2) is 36.5 Å². The molecule has 1 aromatic carbocycles. The predicted octanol–water partition coefficient (Wildman–Crippen LogP) is 4.72. The van der Waals surface area contributed by atoms with Crippen LogP contribution in [0.4, 0.5) is 5.82 Å². The minimum atomic E-state index is -0.142. The number of methoxy groups -OCH3 is 1. The molecule has 0 bridgehead atoms. The number of pyridine rings is 1. The quantitative estimate of drug-likeness (QED) is 0.556. The number of rotatable bonds is 10. The van der Waals surface area contributed by atoms with Crippen molar-refractivity contribution < 1.29 is 19.0 Å². The number of aromatic nitrogens is 1. The van der Waals surface area contributed by atoms with Crippen LogP contribution in [-0.2, 0) is 4.79 Å². The topological polar surface area (TPSA) is 93.5 Å². The van der Waals surface area contributed by atoms with E-state index in [-0.39, 0.29) is 12.3 Å². The Kier molecular flexibility index (Phi) is 8.53. The van der Waals surface area contributed by atoms with Crippen molar-refractivity contribution in [1.29, 1.82) is 5.26 Å². The summed E-state index contributed by atoms with van der Waals surface area (Å²) in [5.41, 5.74) is 0.500. The first-order valence-corrected chi connectivity index (χ1v) is 10.8. The van der Waals surface area contributed by atoms with E-state index in [1.165, 1.54) is 39.2 Å². The van der Waals surface area contributed by atoms with E-state index in [9.17, 15) is 4.79 Å². The molecule has 0 spiro atoms. The summed E-state index contributed by atoms with van der Waals surface area (Å²) in [6.45, 7) is 1.01. The van der Waals surface area contributed by atoms with E-state index in [0.29, 0.717) is 54.2 Å². The molecule has 1 heterocycles. The van der Waals surface area contributed by atoms with Crippen molar-refractivity contribution in [2.45, 2.75) is 44.9 Å². The molecule has 0 atom stereocenters. The number of benzene rings is 1. The summed E-state index contributed by atoms with van der Waals surface area (Å²) in [5, 5.41) is 11.8. The summed E-state index contributed by atoms with van der Waals surface area (Å²) in [5.74, 6) is 2.55. The molecule has 164 valence electrons. The highest BCUT2D eigenvalue weighted by molar-refractivity contribution is 5.91. The van der Waals surface area contributed by atoms with Gasteiger partial charge in [-0.2, -0.15) is 5.26 Å². The van der Waals surface area contributed by atoms with Crippen LogP contribution >= 0.6 is 0 Å². The van der Waals surface area contributed by atoms with Crippen molar-refractivity contribution in [3.05, 3.63) is 42.1 Å². The summed E-state index contributed by atoms with van der Waals surface area (Å²) < 4.78 is 16.9. The van der Waals surface area contributed by atoms with Crippen molar-refractivity contribution in [1.82, 2.24) is 4.98 Å². The summed E-state index contributed by atoms with van der Waals surface area (Å²) in [6, 6.07) is 10.7. The number of amides is 1. The van der Waals surface area contributed by atoms with E-state index in [0.717, 1.165) is 0 Å². The maximum atomic E-state index is 12.4. The second kappa shape index (κ2) is 11.8. The molecule has 1 saturated carbocycles. The Bertz CT molecular complexity index is 904. The number of carbonyl (C=O) groups excluding carboxylic acids is 1. The molecule has 1 aliphatic carbocycles. The molecule has 0 aliphatic heterocycles. The van der Waals surface area contributed by atoms with E-state index in [2.05, 4.69) is 16.4 Å². The molecule has 7 nitrogen and oxygen atoms in total. The van der Waals surface area contributed by atoms with Crippen LogP contribution in [0.5, 0.6) is 17.2 Å². The van der Waals surface area contributed by atoms with Crippen molar-refractivity contribution in [2.24, 2.45) is 5.92 Å². The fourth-order valence-electron chi connectivity index (χ4n) is 3.63. The molecule has 1 aromatic heterocycles. The van der Waals surface area contributed by atoms with Crippen LogP contribution in [0.2, 0.25) is 0 Å². The number of nitriles is 1. The maximum Gasteiger partial charge on any atom is 0.225 e. The molecular weight excluding hydrogens is 394 g/mol. The summed E-state index contributed by atoms with van der Waals surface area (Å²) >= 11 is 0. The SMILES string of the molecule is COc1cc(C#N)ccc1OCCCC(=O)Nc1ncccc1OCC1CCCCC1. The van der Waals surface area contributed by atoms with E-state index >= 15 is 0 Å². The number of nitrogens with one attached hydrogen (secondary N) is 1. The van der Waals surface area contributed by atoms with Crippen molar-refractivity contribution in [2.75, 3.05) is 25.6 Å². The van der Waals surface area contributed by atoms with Gasteiger partial charge in [0.1, 0.15) is 0 Å². The summed E-state index contributed by atoms with van der Waals surface area (Å²) in [6.07, 6.45) is 8.70. The number of carbonyl (C=O) groups is 1. The average molecular weight is 424 g/mol. The van der Waals surface area contributed by atoms with E-state index < -0.39 is 0 Å². The van der Waals surface area contributed by atoms with Gasteiger partial charge in [0.25, 0.3) is 0 Å². The van der Waals surface area contributed by atoms with E-state index in [4.69, 9.17) is 19.5 Å². The fraction of sp³-hybridized carbons (Fsp3) is 0.458. The second-order valence-corrected chi connectivity index (χ2v) is 7.64. The van der Waals surface area contributed by atoms with Crippen LogP contribution in [-0.4, -0.2) is 31.2 Å². The number of hydrogen-bond donors (Lipinski definition) is 1. The largest absolute Gasteiger partial charge is 0.493 e. The van der Waals surface area contributed by atoms with E-state index in [1.807, 2.05) is 12.1 Å². The van der Waals surface area contributed by atoms with Gasteiger partial charge in [0.2, 0.25) is 5.91 Å². The van der Waals surface area contributed by atoms with Gasteiger partial charge >= 0.3 is 0 Å². The van der Waals surface area contributed by atoms with Gasteiger partial charge in [-0.05, 0) is 49.4 Å². The minimum Gasteiger partial charge on any atom is -0.493 e. The van der Waals surface area contributed by atoms with Gasteiger partial charge in [0.15, 0.2) is 23.1 Å². The lowest BCUT2D eigenvalue weighted by atomic mass is 9.90. The Hall–Kier alpha value is -3.27. The Morgan fingerprint density at radius 2 is 2.00 bits per heavy atom. The number of anilines is 1. The van der Waals surface area contributed by atoms with Gasteiger partial charge in [-0.1, -0.05) is 19.3 Å². The number of hydrogen-bond acceptors (Lipinski definition) is 6. The molecule has 0 radical (unpaired) electrons. The third kappa shape index (κ3) is 6.88. The first-order chi connectivity index (χ1) is 15.2. The smallest absolute Gasteiger partial charge is 0.225 e. The lowest BCUT2D eigenvalue weighted by Crippen LogP contribution is -2.18. The number of nitrogens with zero attached hydrogens (tertiary/aromatic N) is 2. The van der Waals surface area contributed by atoms with Gasteiger partial charge in [0, 0.05) is 18.7 Å². The molecule has 1 aliphatic rings. The van der Waals surface area contributed by atoms with Gasteiger partial charge in [-0.25, -0.2) is 4.98 Å². The molecule has 7 heteroatoms. The first-order valence-electron chi connectivity index (χ1n) is 10.8.